The smallest absolute Gasteiger partial charge is 0.433 e. The zero-order valence-corrected chi connectivity index (χ0v) is 12.4. The Balaban J connectivity index is 2.20. The lowest BCUT2D eigenvalue weighted by atomic mass is 10.2. The van der Waals surface area contributed by atoms with Crippen molar-refractivity contribution in [1.29, 1.82) is 0 Å². The zero-order chi connectivity index (χ0) is 16.3. The van der Waals surface area contributed by atoms with Crippen molar-refractivity contribution in [3.63, 3.8) is 0 Å². The number of hydrogen-bond donors (Lipinski definition) is 1. The Bertz CT molecular complexity index is 654. The second-order valence-electron chi connectivity index (χ2n) is 4.53. The fraction of sp³-hybridized carbons (Fsp3) is 0.462. The number of halogens is 3. The van der Waals surface area contributed by atoms with Crippen LogP contribution in [-0.4, -0.2) is 26.9 Å². The Morgan fingerprint density at radius 2 is 2.09 bits per heavy atom. The molecule has 0 saturated heterocycles. The number of alkyl halides is 3. The Kier molecular flexibility index (Phi) is 4.53. The van der Waals surface area contributed by atoms with Crippen molar-refractivity contribution in [3.05, 3.63) is 29.2 Å². The van der Waals surface area contributed by atoms with Crippen LogP contribution >= 0.6 is 0 Å². The SMILES string of the molecule is CCc1nn(C)c(OC)c1CNc1nccc(C(F)(F)F)n1. The minimum atomic E-state index is -4.50. The maximum atomic E-state index is 12.6. The topological polar surface area (TPSA) is 64.9 Å². The van der Waals surface area contributed by atoms with Crippen molar-refractivity contribution in [3.8, 4) is 5.88 Å². The lowest BCUT2D eigenvalue weighted by Crippen LogP contribution is -2.12. The van der Waals surface area contributed by atoms with Crippen molar-refractivity contribution in [2.45, 2.75) is 26.1 Å². The van der Waals surface area contributed by atoms with E-state index in [4.69, 9.17) is 4.74 Å². The number of rotatable bonds is 5. The van der Waals surface area contributed by atoms with Gasteiger partial charge in [-0.1, -0.05) is 6.92 Å². The van der Waals surface area contributed by atoms with Gasteiger partial charge in [0, 0.05) is 13.2 Å². The van der Waals surface area contributed by atoms with Gasteiger partial charge in [0.15, 0.2) is 0 Å². The Morgan fingerprint density at radius 3 is 2.68 bits per heavy atom. The van der Waals surface area contributed by atoms with E-state index < -0.39 is 11.9 Å². The summed E-state index contributed by atoms with van der Waals surface area (Å²) in [6.45, 7) is 2.16. The number of ether oxygens (including phenoxy) is 1. The van der Waals surface area contributed by atoms with Gasteiger partial charge in [-0.15, -0.1) is 0 Å². The molecule has 0 bridgehead atoms. The Hall–Kier alpha value is -2.32. The van der Waals surface area contributed by atoms with Crippen LogP contribution < -0.4 is 10.1 Å². The number of methoxy groups -OCH3 is 1. The molecular weight excluding hydrogens is 299 g/mol. The summed E-state index contributed by atoms with van der Waals surface area (Å²) in [5.74, 6) is 0.458. The van der Waals surface area contributed by atoms with Gasteiger partial charge in [0.05, 0.1) is 24.9 Å². The van der Waals surface area contributed by atoms with Crippen LogP contribution in [0, 0.1) is 0 Å². The van der Waals surface area contributed by atoms with Crippen molar-refractivity contribution in [2.24, 2.45) is 7.05 Å². The lowest BCUT2D eigenvalue weighted by molar-refractivity contribution is -0.141. The summed E-state index contributed by atoms with van der Waals surface area (Å²) in [7, 11) is 3.25. The van der Waals surface area contributed by atoms with Gasteiger partial charge in [0.25, 0.3) is 0 Å². The highest BCUT2D eigenvalue weighted by Gasteiger charge is 2.32. The van der Waals surface area contributed by atoms with Crippen LogP contribution in [0.2, 0.25) is 0 Å². The molecule has 0 unspecified atom stereocenters. The highest BCUT2D eigenvalue weighted by molar-refractivity contribution is 5.36. The number of nitrogens with zero attached hydrogens (tertiary/aromatic N) is 4. The number of aryl methyl sites for hydroxylation is 2. The van der Waals surface area contributed by atoms with Gasteiger partial charge >= 0.3 is 6.18 Å². The average Bonchev–Trinajstić information content (AvgIpc) is 2.79. The van der Waals surface area contributed by atoms with Crippen LogP contribution in [-0.2, 0) is 26.2 Å². The number of nitrogens with one attached hydrogen (secondary N) is 1. The van der Waals surface area contributed by atoms with E-state index in [1.54, 1.807) is 11.7 Å². The molecule has 0 aliphatic rings. The molecule has 0 aliphatic carbocycles. The molecule has 120 valence electrons. The van der Waals surface area contributed by atoms with Gasteiger partial charge in [0.1, 0.15) is 5.69 Å². The van der Waals surface area contributed by atoms with Gasteiger partial charge in [-0.05, 0) is 12.5 Å². The Morgan fingerprint density at radius 1 is 1.36 bits per heavy atom. The Labute approximate surface area is 125 Å². The molecule has 0 spiro atoms. The van der Waals surface area contributed by atoms with Crippen molar-refractivity contribution in [2.75, 3.05) is 12.4 Å². The maximum Gasteiger partial charge on any atom is 0.433 e. The second kappa shape index (κ2) is 6.20. The summed E-state index contributed by atoms with van der Waals surface area (Å²) in [4.78, 5) is 7.26. The summed E-state index contributed by atoms with van der Waals surface area (Å²) >= 11 is 0. The summed E-state index contributed by atoms with van der Waals surface area (Å²) in [5, 5.41) is 7.08. The van der Waals surface area contributed by atoms with Crippen molar-refractivity contribution >= 4 is 5.95 Å². The normalized spacial score (nSPS) is 11.5. The molecule has 9 heteroatoms. The van der Waals surface area contributed by atoms with Gasteiger partial charge in [-0.3, -0.25) is 0 Å². The molecule has 0 saturated carbocycles. The third kappa shape index (κ3) is 3.29. The second-order valence-corrected chi connectivity index (χ2v) is 4.53. The van der Waals surface area contributed by atoms with E-state index in [0.717, 1.165) is 23.5 Å². The van der Waals surface area contributed by atoms with E-state index in [1.807, 2.05) is 6.92 Å². The van der Waals surface area contributed by atoms with Crippen LogP contribution in [0.5, 0.6) is 5.88 Å². The van der Waals surface area contributed by atoms with E-state index in [0.29, 0.717) is 12.3 Å². The molecule has 2 aromatic heterocycles. The van der Waals surface area contributed by atoms with Crippen LogP contribution in [0.3, 0.4) is 0 Å². The molecule has 0 aliphatic heterocycles. The van der Waals surface area contributed by atoms with E-state index in [1.165, 1.54) is 7.11 Å². The first kappa shape index (κ1) is 16.1. The molecule has 1 N–H and O–H groups in total. The largest absolute Gasteiger partial charge is 0.481 e. The van der Waals surface area contributed by atoms with Crippen LogP contribution in [0.25, 0.3) is 0 Å². The standard InChI is InChI=1S/C13H16F3N5O/c1-4-9-8(11(22-3)21(2)20-9)7-18-12-17-6-5-10(19-12)13(14,15)16/h5-6H,4,7H2,1-3H3,(H,17,18,19). The molecule has 22 heavy (non-hydrogen) atoms. The third-order valence-corrected chi connectivity index (χ3v) is 3.07. The predicted molar refractivity (Wildman–Crippen MR) is 73.5 cm³/mol. The summed E-state index contributed by atoms with van der Waals surface area (Å²) in [5.41, 5.74) is 0.589. The van der Waals surface area contributed by atoms with Crippen molar-refractivity contribution < 1.29 is 17.9 Å². The predicted octanol–water partition coefficient (Wildman–Crippen LogP) is 2.41. The minimum absolute atomic E-state index is 0.0946. The van der Waals surface area contributed by atoms with E-state index >= 15 is 0 Å². The molecule has 2 aromatic rings. The molecule has 0 fully saturated rings. The molecule has 0 atom stereocenters. The minimum Gasteiger partial charge on any atom is -0.481 e. The van der Waals surface area contributed by atoms with Crippen LogP contribution in [0.4, 0.5) is 19.1 Å². The van der Waals surface area contributed by atoms with E-state index in [-0.39, 0.29) is 12.5 Å². The molecule has 0 amide bonds. The first-order valence-corrected chi connectivity index (χ1v) is 6.59. The first-order valence-electron chi connectivity index (χ1n) is 6.59. The molecule has 2 heterocycles. The van der Waals surface area contributed by atoms with Gasteiger partial charge < -0.3 is 10.1 Å². The molecular formula is C13H16F3N5O. The fourth-order valence-corrected chi connectivity index (χ4v) is 2.09. The van der Waals surface area contributed by atoms with Crippen LogP contribution in [0.15, 0.2) is 12.3 Å². The first-order chi connectivity index (χ1) is 10.4. The summed E-state index contributed by atoms with van der Waals surface area (Å²) in [6, 6.07) is 0.827. The zero-order valence-electron chi connectivity index (χ0n) is 12.4. The number of aromatic nitrogens is 4. The number of anilines is 1. The van der Waals surface area contributed by atoms with Gasteiger partial charge in [0.2, 0.25) is 11.8 Å². The average molecular weight is 315 g/mol. The molecule has 6 nitrogen and oxygen atoms in total. The van der Waals surface area contributed by atoms with Crippen LogP contribution in [0.1, 0.15) is 23.9 Å². The monoisotopic (exact) mass is 315 g/mol. The van der Waals surface area contributed by atoms with Gasteiger partial charge in [-0.2, -0.15) is 18.3 Å². The summed E-state index contributed by atoms with van der Waals surface area (Å²) < 4.78 is 44.7. The summed E-state index contributed by atoms with van der Waals surface area (Å²) in [6.07, 6.45) is -2.75. The molecule has 0 aromatic carbocycles. The lowest BCUT2D eigenvalue weighted by Gasteiger charge is -2.09. The number of hydrogen-bond acceptors (Lipinski definition) is 5. The van der Waals surface area contributed by atoms with E-state index in [2.05, 4.69) is 20.4 Å². The fourth-order valence-electron chi connectivity index (χ4n) is 2.09. The highest BCUT2D eigenvalue weighted by Crippen LogP contribution is 2.28. The van der Waals surface area contributed by atoms with E-state index in [9.17, 15) is 13.2 Å². The maximum absolute atomic E-state index is 12.6. The van der Waals surface area contributed by atoms with Gasteiger partial charge in [-0.25, -0.2) is 14.6 Å². The molecule has 0 radical (unpaired) electrons. The highest BCUT2D eigenvalue weighted by atomic mass is 19.4. The quantitative estimate of drug-likeness (QED) is 0.918. The van der Waals surface area contributed by atoms with Crippen molar-refractivity contribution in [1.82, 2.24) is 19.7 Å². The third-order valence-electron chi connectivity index (χ3n) is 3.07. The molecule has 2 rings (SSSR count).